The lowest BCUT2D eigenvalue weighted by molar-refractivity contribution is -0.121. The van der Waals surface area contributed by atoms with E-state index in [1.165, 1.54) is 11.8 Å². The van der Waals surface area contributed by atoms with Gasteiger partial charge in [-0.2, -0.15) is 0 Å². The zero-order valence-corrected chi connectivity index (χ0v) is 10.8. The van der Waals surface area contributed by atoms with Crippen LogP contribution in [0.4, 0.5) is 0 Å². The van der Waals surface area contributed by atoms with Gasteiger partial charge >= 0.3 is 0 Å². The Morgan fingerprint density at radius 3 is 2.44 bits per heavy atom. The third-order valence-electron chi connectivity index (χ3n) is 1.69. The van der Waals surface area contributed by atoms with Crippen molar-refractivity contribution in [1.82, 2.24) is 15.3 Å². The third kappa shape index (κ3) is 4.61. The minimum atomic E-state index is -0.205. The van der Waals surface area contributed by atoms with Crippen LogP contribution in [0.3, 0.4) is 0 Å². The fraction of sp³-hybridized carbons (Fsp3) is 0.545. The zero-order chi connectivity index (χ0) is 12.2. The van der Waals surface area contributed by atoms with Crippen LogP contribution < -0.4 is 5.32 Å². The zero-order valence-electron chi connectivity index (χ0n) is 10.0. The molecule has 4 nitrogen and oxygen atoms in total. The molecule has 0 aliphatic heterocycles. The Hall–Kier alpha value is -1.10. The second kappa shape index (κ2) is 5.30. The minimum absolute atomic E-state index is 0.00459. The average molecular weight is 239 g/mol. The van der Waals surface area contributed by atoms with Crippen molar-refractivity contribution in [2.24, 2.45) is 0 Å². The number of amides is 1. The summed E-state index contributed by atoms with van der Waals surface area (Å²) in [5, 5.41) is 3.36. The molecule has 1 aromatic heterocycles. The molecule has 1 unspecified atom stereocenters. The molecule has 0 fully saturated rings. The Kier molecular flexibility index (Phi) is 4.29. The molecule has 1 heterocycles. The van der Waals surface area contributed by atoms with E-state index in [4.69, 9.17) is 0 Å². The molecule has 1 aromatic rings. The van der Waals surface area contributed by atoms with Crippen LogP contribution in [0, 0.1) is 0 Å². The highest BCUT2D eigenvalue weighted by Crippen LogP contribution is 2.18. The SMILES string of the molecule is CC(Sc1ncccn1)C(=O)NC(C)(C)C. The van der Waals surface area contributed by atoms with E-state index in [1.54, 1.807) is 18.5 Å². The summed E-state index contributed by atoms with van der Waals surface area (Å²) in [6, 6.07) is 1.75. The number of aromatic nitrogens is 2. The van der Waals surface area contributed by atoms with Gasteiger partial charge in [-0.15, -0.1) is 0 Å². The number of rotatable bonds is 3. The van der Waals surface area contributed by atoms with E-state index >= 15 is 0 Å². The summed E-state index contributed by atoms with van der Waals surface area (Å²) >= 11 is 1.36. The fourth-order valence-electron chi connectivity index (χ4n) is 1.03. The molecule has 0 radical (unpaired) electrons. The first-order valence-corrected chi connectivity index (χ1v) is 6.02. The maximum absolute atomic E-state index is 11.8. The molecule has 0 aliphatic rings. The maximum Gasteiger partial charge on any atom is 0.233 e. The number of carbonyl (C=O) groups is 1. The van der Waals surface area contributed by atoms with E-state index in [0.29, 0.717) is 5.16 Å². The van der Waals surface area contributed by atoms with Crippen LogP contribution in [-0.4, -0.2) is 26.7 Å². The third-order valence-corrected chi connectivity index (χ3v) is 2.68. The summed E-state index contributed by atoms with van der Waals surface area (Å²) in [5.74, 6) is 0.00459. The lowest BCUT2D eigenvalue weighted by Crippen LogP contribution is -2.44. The lowest BCUT2D eigenvalue weighted by Gasteiger charge is -2.22. The predicted octanol–water partition coefficient (Wildman–Crippen LogP) is 1.87. The van der Waals surface area contributed by atoms with Crippen LogP contribution in [0.15, 0.2) is 23.6 Å². The Morgan fingerprint density at radius 2 is 1.94 bits per heavy atom. The lowest BCUT2D eigenvalue weighted by atomic mass is 10.1. The molecule has 0 saturated heterocycles. The van der Waals surface area contributed by atoms with Crippen molar-refractivity contribution in [1.29, 1.82) is 0 Å². The quantitative estimate of drug-likeness (QED) is 0.646. The van der Waals surface area contributed by atoms with Gasteiger partial charge in [-0.25, -0.2) is 9.97 Å². The fourth-order valence-corrected chi connectivity index (χ4v) is 1.75. The average Bonchev–Trinajstić information content (AvgIpc) is 2.16. The molecule has 0 bridgehead atoms. The second-order valence-corrected chi connectivity index (χ2v) is 5.84. The predicted molar refractivity (Wildman–Crippen MR) is 65.2 cm³/mol. The first kappa shape index (κ1) is 13.0. The summed E-state index contributed by atoms with van der Waals surface area (Å²) in [7, 11) is 0. The molecule has 1 atom stereocenters. The number of thioether (sulfide) groups is 1. The molecule has 16 heavy (non-hydrogen) atoms. The first-order valence-electron chi connectivity index (χ1n) is 5.14. The Balaban J connectivity index is 2.53. The van der Waals surface area contributed by atoms with Gasteiger partial charge in [-0.3, -0.25) is 4.79 Å². The topological polar surface area (TPSA) is 54.9 Å². The van der Waals surface area contributed by atoms with Crippen LogP contribution in [0.2, 0.25) is 0 Å². The van der Waals surface area contributed by atoms with Crippen molar-refractivity contribution < 1.29 is 4.79 Å². The van der Waals surface area contributed by atoms with Crippen LogP contribution in [-0.2, 0) is 4.79 Å². The highest BCUT2D eigenvalue weighted by atomic mass is 32.2. The molecule has 88 valence electrons. The molecule has 1 N–H and O–H groups in total. The molecule has 1 amide bonds. The summed E-state index contributed by atoms with van der Waals surface area (Å²) in [5.41, 5.74) is -0.205. The minimum Gasteiger partial charge on any atom is -0.351 e. The molecular weight excluding hydrogens is 222 g/mol. The van der Waals surface area contributed by atoms with Gasteiger partial charge in [-0.05, 0) is 33.8 Å². The monoisotopic (exact) mass is 239 g/mol. The number of hydrogen-bond donors (Lipinski definition) is 1. The second-order valence-electron chi connectivity index (χ2n) is 4.53. The molecule has 1 rings (SSSR count). The standard InChI is InChI=1S/C11H17N3OS/c1-8(9(15)14-11(2,3)4)16-10-12-6-5-7-13-10/h5-8H,1-4H3,(H,14,15). The van der Waals surface area contributed by atoms with Crippen LogP contribution >= 0.6 is 11.8 Å². The summed E-state index contributed by atoms with van der Waals surface area (Å²) in [6.45, 7) is 7.73. The van der Waals surface area contributed by atoms with E-state index in [2.05, 4.69) is 15.3 Å². The highest BCUT2D eigenvalue weighted by Gasteiger charge is 2.20. The van der Waals surface area contributed by atoms with E-state index < -0.39 is 0 Å². The van der Waals surface area contributed by atoms with Crippen molar-refractivity contribution in [2.45, 2.75) is 43.6 Å². The van der Waals surface area contributed by atoms with Gasteiger partial charge in [0.2, 0.25) is 5.91 Å². The largest absolute Gasteiger partial charge is 0.351 e. The van der Waals surface area contributed by atoms with Crippen molar-refractivity contribution >= 4 is 17.7 Å². The van der Waals surface area contributed by atoms with E-state index in [0.717, 1.165) is 0 Å². The van der Waals surface area contributed by atoms with Crippen molar-refractivity contribution in [2.75, 3.05) is 0 Å². The summed E-state index contributed by atoms with van der Waals surface area (Å²) in [4.78, 5) is 19.9. The van der Waals surface area contributed by atoms with Crippen molar-refractivity contribution in [3.8, 4) is 0 Å². The van der Waals surface area contributed by atoms with E-state index in [9.17, 15) is 4.79 Å². The smallest absolute Gasteiger partial charge is 0.233 e. The van der Waals surface area contributed by atoms with Crippen LogP contribution in [0.5, 0.6) is 0 Å². The van der Waals surface area contributed by atoms with Gasteiger partial charge in [0.05, 0.1) is 5.25 Å². The van der Waals surface area contributed by atoms with Crippen molar-refractivity contribution in [3.63, 3.8) is 0 Å². The van der Waals surface area contributed by atoms with Gasteiger partial charge in [-0.1, -0.05) is 11.8 Å². The number of hydrogen-bond acceptors (Lipinski definition) is 4. The summed E-state index contributed by atoms with van der Waals surface area (Å²) < 4.78 is 0. The molecule has 5 heteroatoms. The number of carbonyl (C=O) groups excluding carboxylic acids is 1. The van der Waals surface area contributed by atoms with Crippen molar-refractivity contribution in [3.05, 3.63) is 18.5 Å². The number of nitrogens with one attached hydrogen (secondary N) is 1. The molecule has 0 spiro atoms. The van der Waals surface area contributed by atoms with Gasteiger partial charge in [0.25, 0.3) is 0 Å². The van der Waals surface area contributed by atoms with E-state index in [1.807, 2.05) is 27.7 Å². The van der Waals surface area contributed by atoms with E-state index in [-0.39, 0.29) is 16.7 Å². The summed E-state index contributed by atoms with van der Waals surface area (Å²) in [6.07, 6.45) is 3.34. The van der Waals surface area contributed by atoms with Gasteiger partial charge in [0, 0.05) is 17.9 Å². The normalized spacial score (nSPS) is 13.2. The first-order chi connectivity index (χ1) is 7.38. The molecular formula is C11H17N3OS. The Labute approximate surface area is 100 Å². The van der Waals surface area contributed by atoms with Gasteiger partial charge in [0.1, 0.15) is 0 Å². The highest BCUT2D eigenvalue weighted by molar-refractivity contribution is 8.00. The molecule has 0 aliphatic carbocycles. The van der Waals surface area contributed by atoms with Gasteiger partial charge in [0.15, 0.2) is 5.16 Å². The maximum atomic E-state index is 11.8. The van der Waals surface area contributed by atoms with Crippen LogP contribution in [0.25, 0.3) is 0 Å². The molecule has 0 aromatic carbocycles. The Bertz CT molecular complexity index is 348. The molecule has 0 saturated carbocycles. The van der Waals surface area contributed by atoms with Crippen LogP contribution in [0.1, 0.15) is 27.7 Å². The number of nitrogens with zero attached hydrogens (tertiary/aromatic N) is 2. The Morgan fingerprint density at radius 1 is 1.38 bits per heavy atom. The van der Waals surface area contributed by atoms with Gasteiger partial charge < -0.3 is 5.32 Å².